The van der Waals surface area contributed by atoms with E-state index in [-0.39, 0.29) is 5.92 Å². The van der Waals surface area contributed by atoms with Gasteiger partial charge in [-0.3, -0.25) is 0 Å². The van der Waals surface area contributed by atoms with Gasteiger partial charge in [0.15, 0.2) is 0 Å². The van der Waals surface area contributed by atoms with Crippen LogP contribution in [0.25, 0.3) is 0 Å². The molecule has 1 atom stereocenters. The van der Waals surface area contributed by atoms with Gasteiger partial charge in [0.05, 0.1) is 10.0 Å². The Hall–Kier alpha value is -0.540. The predicted molar refractivity (Wildman–Crippen MR) is 81.0 cm³/mol. The molecule has 0 aliphatic heterocycles. The van der Waals surface area contributed by atoms with Crippen molar-refractivity contribution in [1.82, 2.24) is 0 Å². The highest BCUT2D eigenvalue weighted by Gasteiger charge is 2.14. The molecule has 4 heteroatoms. The molecule has 1 heterocycles. The van der Waals surface area contributed by atoms with Crippen molar-refractivity contribution in [2.24, 2.45) is 5.73 Å². The first-order chi connectivity index (χ1) is 8.61. The van der Waals surface area contributed by atoms with Crippen molar-refractivity contribution in [3.8, 4) is 0 Å². The van der Waals surface area contributed by atoms with Crippen molar-refractivity contribution in [3.05, 3.63) is 55.7 Å². The van der Waals surface area contributed by atoms with Gasteiger partial charge in [0, 0.05) is 10.8 Å². The Bertz CT molecular complexity index is 536. The molecule has 0 amide bonds. The lowest BCUT2D eigenvalue weighted by atomic mass is 9.94. The number of nitrogens with two attached hydrogens (primary N) is 1. The van der Waals surface area contributed by atoms with E-state index in [0.29, 0.717) is 16.6 Å². The summed E-state index contributed by atoms with van der Waals surface area (Å²) in [7, 11) is 0. The Kier molecular flexibility index (Phi) is 4.68. The van der Waals surface area contributed by atoms with E-state index in [1.54, 1.807) is 11.3 Å². The second-order valence-electron chi connectivity index (χ2n) is 4.34. The number of benzene rings is 1. The Balaban J connectivity index is 2.23. The Morgan fingerprint density at radius 3 is 2.56 bits per heavy atom. The van der Waals surface area contributed by atoms with Crippen LogP contribution in [-0.2, 0) is 6.42 Å². The Labute approximate surface area is 122 Å². The Morgan fingerprint density at radius 2 is 2.00 bits per heavy atom. The molecule has 0 bridgehead atoms. The van der Waals surface area contributed by atoms with Crippen molar-refractivity contribution in [1.29, 1.82) is 0 Å². The van der Waals surface area contributed by atoms with Crippen LogP contribution in [0.15, 0.2) is 29.6 Å². The Morgan fingerprint density at radius 1 is 1.22 bits per heavy atom. The van der Waals surface area contributed by atoms with Gasteiger partial charge in [0.1, 0.15) is 0 Å². The third-order valence-corrected chi connectivity index (χ3v) is 4.88. The number of hydrogen-bond donors (Lipinski definition) is 1. The van der Waals surface area contributed by atoms with Crippen molar-refractivity contribution >= 4 is 34.5 Å². The fourth-order valence-corrected chi connectivity index (χ4v) is 3.23. The van der Waals surface area contributed by atoms with Gasteiger partial charge in [-0.15, -0.1) is 11.3 Å². The minimum Gasteiger partial charge on any atom is -0.330 e. The normalized spacial score (nSPS) is 12.7. The molecule has 96 valence electrons. The standard InChI is InChI=1S/C14H15Cl2NS/c1-9-4-5-18-14(9)7-11(8-17)10-2-3-12(15)13(16)6-10/h2-6,11H,7-8,17H2,1H3. The molecule has 0 saturated carbocycles. The zero-order valence-electron chi connectivity index (χ0n) is 10.1. The fourth-order valence-electron chi connectivity index (χ4n) is 1.94. The summed E-state index contributed by atoms with van der Waals surface area (Å²) in [5.41, 5.74) is 8.37. The summed E-state index contributed by atoms with van der Waals surface area (Å²) in [6.45, 7) is 2.74. The molecule has 0 saturated heterocycles. The van der Waals surface area contributed by atoms with Crippen molar-refractivity contribution in [3.63, 3.8) is 0 Å². The van der Waals surface area contributed by atoms with Crippen LogP contribution in [-0.4, -0.2) is 6.54 Å². The summed E-state index contributed by atoms with van der Waals surface area (Å²) in [5, 5.41) is 3.30. The van der Waals surface area contributed by atoms with E-state index >= 15 is 0 Å². The number of hydrogen-bond acceptors (Lipinski definition) is 2. The van der Waals surface area contributed by atoms with Gasteiger partial charge in [0.25, 0.3) is 0 Å². The molecule has 0 aliphatic carbocycles. The van der Waals surface area contributed by atoms with E-state index in [1.165, 1.54) is 10.4 Å². The maximum Gasteiger partial charge on any atom is 0.0595 e. The quantitative estimate of drug-likeness (QED) is 0.874. The van der Waals surface area contributed by atoms with Gasteiger partial charge >= 0.3 is 0 Å². The topological polar surface area (TPSA) is 26.0 Å². The number of thiophene rings is 1. The van der Waals surface area contributed by atoms with Crippen LogP contribution >= 0.6 is 34.5 Å². The van der Waals surface area contributed by atoms with Crippen LogP contribution in [0.3, 0.4) is 0 Å². The molecule has 2 aromatic rings. The number of aryl methyl sites for hydroxylation is 1. The van der Waals surface area contributed by atoms with E-state index in [1.807, 2.05) is 18.2 Å². The molecule has 0 spiro atoms. The first-order valence-corrected chi connectivity index (χ1v) is 7.43. The molecule has 0 radical (unpaired) electrons. The van der Waals surface area contributed by atoms with Crippen LogP contribution in [0.4, 0.5) is 0 Å². The van der Waals surface area contributed by atoms with Crippen LogP contribution in [0.5, 0.6) is 0 Å². The lowest BCUT2D eigenvalue weighted by Gasteiger charge is -2.15. The average Bonchev–Trinajstić information content (AvgIpc) is 2.75. The van der Waals surface area contributed by atoms with Gasteiger partial charge in [-0.2, -0.15) is 0 Å². The van der Waals surface area contributed by atoms with Crippen LogP contribution in [0.2, 0.25) is 10.0 Å². The van der Waals surface area contributed by atoms with Crippen molar-refractivity contribution in [2.45, 2.75) is 19.3 Å². The first-order valence-electron chi connectivity index (χ1n) is 5.79. The number of rotatable bonds is 4. The van der Waals surface area contributed by atoms with Crippen LogP contribution in [0, 0.1) is 6.92 Å². The maximum absolute atomic E-state index is 6.06. The zero-order valence-corrected chi connectivity index (χ0v) is 12.4. The zero-order chi connectivity index (χ0) is 13.1. The lowest BCUT2D eigenvalue weighted by Crippen LogP contribution is -2.15. The third-order valence-electron chi connectivity index (χ3n) is 3.10. The van der Waals surface area contributed by atoms with Crippen molar-refractivity contribution < 1.29 is 0 Å². The first kappa shape index (κ1) is 13.9. The largest absolute Gasteiger partial charge is 0.330 e. The third kappa shape index (κ3) is 3.07. The van der Waals surface area contributed by atoms with E-state index < -0.39 is 0 Å². The van der Waals surface area contributed by atoms with E-state index in [0.717, 1.165) is 12.0 Å². The van der Waals surface area contributed by atoms with E-state index in [4.69, 9.17) is 28.9 Å². The highest BCUT2D eigenvalue weighted by molar-refractivity contribution is 7.10. The van der Waals surface area contributed by atoms with Gasteiger partial charge in [-0.05, 0) is 54.6 Å². The highest BCUT2D eigenvalue weighted by atomic mass is 35.5. The molecule has 2 N–H and O–H groups in total. The predicted octanol–water partition coefficient (Wildman–Crippen LogP) is 4.65. The highest BCUT2D eigenvalue weighted by Crippen LogP contribution is 2.29. The number of halogens is 2. The fraction of sp³-hybridized carbons (Fsp3) is 0.286. The minimum absolute atomic E-state index is 0.289. The van der Waals surface area contributed by atoms with Crippen LogP contribution < -0.4 is 5.73 Å². The maximum atomic E-state index is 6.06. The molecule has 18 heavy (non-hydrogen) atoms. The second kappa shape index (κ2) is 6.07. The molecule has 1 unspecified atom stereocenters. The molecular formula is C14H15Cl2NS. The van der Waals surface area contributed by atoms with Gasteiger partial charge < -0.3 is 5.73 Å². The summed E-state index contributed by atoms with van der Waals surface area (Å²) >= 11 is 13.8. The second-order valence-corrected chi connectivity index (χ2v) is 6.15. The van der Waals surface area contributed by atoms with E-state index in [9.17, 15) is 0 Å². The molecular weight excluding hydrogens is 285 g/mol. The molecule has 1 aromatic carbocycles. The molecule has 1 aromatic heterocycles. The molecule has 1 nitrogen and oxygen atoms in total. The minimum atomic E-state index is 0.289. The molecule has 0 aliphatic rings. The van der Waals surface area contributed by atoms with Crippen LogP contribution in [0.1, 0.15) is 21.9 Å². The smallest absolute Gasteiger partial charge is 0.0595 e. The summed E-state index contributed by atoms with van der Waals surface area (Å²) in [6.07, 6.45) is 0.956. The van der Waals surface area contributed by atoms with Crippen molar-refractivity contribution in [2.75, 3.05) is 6.54 Å². The lowest BCUT2D eigenvalue weighted by molar-refractivity contribution is 0.699. The monoisotopic (exact) mass is 299 g/mol. The van der Waals surface area contributed by atoms with Gasteiger partial charge in [-0.1, -0.05) is 29.3 Å². The summed E-state index contributed by atoms with van der Waals surface area (Å²) in [5.74, 6) is 0.289. The molecule has 0 fully saturated rings. The van der Waals surface area contributed by atoms with Gasteiger partial charge in [-0.25, -0.2) is 0 Å². The summed E-state index contributed by atoms with van der Waals surface area (Å²) in [6, 6.07) is 7.91. The van der Waals surface area contributed by atoms with Gasteiger partial charge in [0.2, 0.25) is 0 Å². The van der Waals surface area contributed by atoms with E-state index in [2.05, 4.69) is 18.4 Å². The average molecular weight is 300 g/mol. The summed E-state index contributed by atoms with van der Waals surface area (Å²) < 4.78 is 0. The summed E-state index contributed by atoms with van der Waals surface area (Å²) in [4.78, 5) is 1.39. The molecule has 2 rings (SSSR count). The SMILES string of the molecule is Cc1ccsc1CC(CN)c1ccc(Cl)c(Cl)c1.